The number of aromatic amines is 1. The van der Waals surface area contributed by atoms with Gasteiger partial charge in [0.25, 0.3) is 5.56 Å². The molecule has 0 radical (unpaired) electrons. The van der Waals surface area contributed by atoms with Crippen molar-refractivity contribution in [3.8, 4) is 5.88 Å². The van der Waals surface area contributed by atoms with E-state index in [4.69, 9.17) is 4.74 Å². The van der Waals surface area contributed by atoms with Crippen molar-refractivity contribution in [1.29, 1.82) is 0 Å². The van der Waals surface area contributed by atoms with Crippen molar-refractivity contribution in [2.24, 2.45) is 0 Å². The molecule has 0 bridgehead atoms. The number of aromatic nitrogens is 2. The van der Waals surface area contributed by atoms with Crippen molar-refractivity contribution >= 4 is 16.9 Å². The van der Waals surface area contributed by atoms with Crippen LogP contribution in [0.2, 0.25) is 0 Å². The van der Waals surface area contributed by atoms with E-state index in [1.54, 1.807) is 0 Å². The first-order valence-electron chi connectivity index (χ1n) is 4.69. The lowest BCUT2D eigenvalue weighted by atomic mass is 10.6. The van der Waals surface area contributed by atoms with Crippen LogP contribution in [0.3, 0.4) is 0 Å². The second kappa shape index (κ2) is 5.65. The standard InChI is InChI=1S/C9H14N2O3S/c1-3-14-8-6-9(13)11(10-8)4-5-15-7(2)12/h6,10H,3-5H2,1-2H3. The lowest BCUT2D eigenvalue weighted by Crippen LogP contribution is -2.17. The molecule has 6 heteroatoms. The second-order valence-corrected chi connectivity index (χ2v) is 4.16. The van der Waals surface area contributed by atoms with Gasteiger partial charge in [0.05, 0.1) is 19.2 Å². The van der Waals surface area contributed by atoms with Gasteiger partial charge in [-0.25, -0.2) is 4.68 Å². The third-order valence-electron chi connectivity index (χ3n) is 1.69. The molecule has 15 heavy (non-hydrogen) atoms. The van der Waals surface area contributed by atoms with Crippen molar-refractivity contribution in [2.75, 3.05) is 12.4 Å². The number of rotatable bonds is 5. The summed E-state index contributed by atoms with van der Waals surface area (Å²) in [6, 6.07) is 1.40. The monoisotopic (exact) mass is 230 g/mol. The number of H-pyrrole nitrogens is 1. The number of carbonyl (C=O) groups excluding carboxylic acids is 1. The number of carbonyl (C=O) groups is 1. The molecule has 0 saturated carbocycles. The molecule has 1 rings (SSSR count). The Hall–Kier alpha value is -1.17. The van der Waals surface area contributed by atoms with Crippen LogP contribution in [0.15, 0.2) is 10.9 Å². The summed E-state index contributed by atoms with van der Waals surface area (Å²) in [5.74, 6) is 1.05. The Morgan fingerprint density at radius 3 is 3.00 bits per heavy atom. The molecule has 0 spiro atoms. The van der Waals surface area contributed by atoms with Crippen LogP contribution in [0.25, 0.3) is 0 Å². The number of hydrogen-bond donors (Lipinski definition) is 1. The van der Waals surface area contributed by atoms with Crippen LogP contribution in [-0.2, 0) is 11.3 Å². The Labute approximate surface area is 91.8 Å². The van der Waals surface area contributed by atoms with Gasteiger partial charge in [-0.3, -0.25) is 14.7 Å². The van der Waals surface area contributed by atoms with Gasteiger partial charge in [0, 0.05) is 12.7 Å². The van der Waals surface area contributed by atoms with E-state index in [0.717, 1.165) is 0 Å². The van der Waals surface area contributed by atoms with E-state index in [0.29, 0.717) is 24.8 Å². The van der Waals surface area contributed by atoms with E-state index in [1.165, 1.54) is 29.4 Å². The van der Waals surface area contributed by atoms with Crippen molar-refractivity contribution in [3.05, 3.63) is 16.4 Å². The van der Waals surface area contributed by atoms with E-state index in [1.807, 2.05) is 6.92 Å². The highest BCUT2D eigenvalue weighted by molar-refractivity contribution is 8.13. The summed E-state index contributed by atoms with van der Waals surface area (Å²) in [6.45, 7) is 4.35. The molecule has 0 aliphatic carbocycles. The van der Waals surface area contributed by atoms with Gasteiger partial charge >= 0.3 is 0 Å². The van der Waals surface area contributed by atoms with Gasteiger partial charge < -0.3 is 4.74 Å². The molecule has 1 aromatic heterocycles. The molecule has 1 heterocycles. The lowest BCUT2D eigenvalue weighted by Gasteiger charge is -2.00. The molecular formula is C9H14N2O3S. The fraction of sp³-hybridized carbons (Fsp3) is 0.556. The maximum atomic E-state index is 11.3. The van der Waals surface area contributed by atoms with Crippen molar-refractivity contribution < 1.29 is 9.53 Å². The minimum Gasteiger partial charge on any atom is -0.478 e. The van der Waals surface area contributed by atoms with E-state index in [-0.39, 0.29) is 10.7 Å². The Morgan fingerprint density at radius 1 is 1.67 bits per heavy atom. The van der Waals surface area contributed by atoms with Crippen molar-refractivity contribution in [2.45, 2.75) is 20.4 Å². The van der Waals surface area contributed by atoms with Gasteiger partial charge in [-0.1, -0.05) is 11.8 Å². The van der Waals surface area contributed by atoms with Crippen LogP contribution in [0.4, 0.5) is 0 Å². The first kappa shape index (κ1) is 11.9. The minimum absolute atomic E-state index is 0.0552. The number of thioether (sulfide) groups is 1. The lowest BCUT2D eigenvalue weighted by molar-refractivity contribution is -0.109. The molecular weight excluding hydrogens is 216 g/mol. The van der Waals surface area contributed by atoms with Gasteiger partial charge in [0.15, 0.2) is 5.12 Å². The van der Waals surface area contributed by atoms with E-state index in [2.05, 4.69) is 5.10 Å². The molecule has 0 saturated heterocycles. The number of nitrogens with one attached hydrogen (secondary N) is 1. The van der Waals surface area contributed by atoms with E-state index in [9.17, 15) is 9.59 Å². The van der Waals surface area contributed by atoms with Crippen LogP contribution in [0.5, 0.6) is 5.88 Å². The number of hydrogen-bond acceptors (Lipinski definition) is 4. The molecule has 84 valence electrons. The molecule has 1 aromatic rings. The first-order valence-corrected chi connectivity index (χ1v) is 5.68. The fourth-order valence-corrected chi connectivity index (χ4v) is 1.65. The third kappa shape index (κ3) is 3.83. The molecule has 0 fully saturated rings. The summed E-state index contributed by atoms with van der Waals surface area (Å²) in [5, 5.41) is 2.87. The highest BCUT2D eigenvalue weighted by atomic mass is 32.2. The average molecular weight is 230 g/mol. The maximum Gasteiger partial charge on any atom is 0.270 e. The second-order valence-electron chi connectivity index (χ2n) is 2.88. The topological polar surface area (TPSA) is 64.1 Å². The molecule has 0 aromatic carbocycles. The fourth-order valence-electron chi connectivity index (χ4n) is 1.09. The Kier molecular flexibility index (Phi) is 4.48. The van der Waals surface area contributed by atoms with Gasteiger partial charge in [-0.2, -0.15) is 0 Å². The van der Waals surface area contributed by atoms with Gasteiger partial charge in [0.1, 0.15) is 0 Å². The molecule has 5 nitrogen and oxygen atoms in total. The summed E-state index contributed by atoms with van der Waals surface area (Å²) >= 11 is 1.20. The third-order valence-corrected chi connectivity index (χ3v) is 2.48. The summed E-state index contributed by atoms with van der Waals surface area (Å²) in [5.41, 5.74) is -0.136. The Balaban J connectivity index is 2.53. The highest BCUT2D eigenvalue weighted by Crippen LogP contribution is 2.04. The maximum absolute atomic E-state index is 11.3. The number of nitrogens with zero attached hydrogens (tertiary/aromatic N) is 1. The van der Waals surface area contributed by atoms with Crippen LogP contribution in [-0.4, -0.2) is 27.3 Å². The summed E-state index contributed by atoms with van der Waals surface area (Å²) in [7, 11) is 0. The van der Waals surface area contributed by atoms with Crippen LogP contribution in [0, 0.1) is 0 Å². The Bertz CT molecular complexity index is 383. The molecule has 0 aliphatic heterocycles. The zero-order valence-electron chi connectivity index (χ0n) is 8.78. The predicted octanol–water partition coefficient (Wildman–Crippen LogP) is 0.855. The molecule has 0 atom stereocenters. The van der Waals surface area contributed by atoms with E-state index < -0.39 is 0 Å². The van der Waals surface area contributed by atoms with Crippen molar-refractivity contribution in [1.82, 2.24) is 9.78 Å². The normalized spacial score (nSPS) is 10.3. The zero-order valence-corrected chi connectivity index (χ0v) is 9.60. The Morgan fingerprint density at radius 2 is 2.40 bits per heavy atom. The predicted molar refractivity (Wildman–Crippen MR) is 59.4 cm³/mol. The summed E-state index contributed by atoms with van der Waals surface area (Å²) in [4.78, 5) is 22.0. The summed E-state index contributed by atoms with van der Waals surface area (Å²) in [6.07, 6.45) is 0. The SMILES string of the molecule is CCOc1cc(=O)n(CCSC(C)=O)[nH]1. The van der Waals surface area contributed by atoms with Crippen LogP contribution in [0.1, 0.15) is 13.8 Å². The van der Waals surface area contributed by atoms with Gasteiger partial charge in [-0.15, -0.1) is 0 Å². The van der Waals surface area contributed by atoms with Crippen molar-refractivity contribution in [3.63, 3.8) is 0 Å². The molecule has 0 aliphatic rings. The summed E-state index contributed by atoms with van der Waals surface area (Å²) < 4.78 is 6.58. The number of aryl methyl sites for hydroxylation is 1. The molecule has 0 unspecified atom stereocenters. The highest BCUT2D eigenvalue weighted by Gasteiger charge is 2.03. The molecule has 0 amide bonds. The van der Waals surface area contributed by atoms with Crippen LogP contribution >= 0.6 is 11.8 Å². The minimum atomic E-state index is -0.136. The first-order chi connectivity index (χ1) is 7.13. The zero-order chi connectivity index (χ0) is 11.3. The number of ether oxygens (including phenoxy) is 1. The van der Waals surface area contributed by atoms with Gasteiger partial charge in [0.2, 0.25) is 5.88 Å². The smallest absolute Gasteiger partial charge is 0.270 e. The quantitative estimate of drug-likeness (QED) is 0.814. The van der Waals surface area contributed by atoms with E-state index >= 15 is 0 Å². The van der Waals surface area contributed by atoms with Gasteiger partial charge in [-0.05, 0) is 6.92 Å². The largest absolute Gasteiger partial charge is 0.478 e. The average Bonchev–Trinajstić information content (AvgIpc) is 2.47. The van der Waals surface area contributed by atoms with Crippen LogP contribution < -0.4 is 10.3 Å². The molecule has 1 N–H and O–H groups in total.